The third-order valence-corrected chi connectivity index (χ3v) is 6.89. The van der Waals surface area contributed by atoms with E-state index in [1.54, 1.807) is 46.8 Å². The summed E-state index contributed by atoms with van der Waals surface area (Å²) in [5.41, 5.74) is -0.767. The first-order valence-electron chi connectivity index (χ1n) is 10.7. The Morgan fingerprint density at radius 1 is 1.15 bits per heavy atom. The minimum Gasteiger partial charge on any atom is -0.467 e. The highest BCUT2D eigenvalue weighted by molar-refractivity contribution is 9.10. The summed E-state index contributed by atoms with van der Waals surface area (Å²) in [6.45, 7) is 8.37. The van der Waals surface area contributed by atoms with Crippen LogP contribution in [0.3, 0.4) is 0 Å². The van der Waals surface area contributed by atoms with Crippen LogP contribution in [0.15, 0.2) is 33.6 Å². The molecule has 1 fully saturated rings. The lowest BCUT2D eigenvalue weighted by molar-refractivity contribution is -0.152. The molecule has 1 aliphatic heterocycles. The molecule has 1 aromatic rings. The quantitative estimate of drug-likeness (QED) is 0.396. The van der Waals surface area contributed by atoms with Crippen molar-refractivity contribution in [2.24, 2.45) is 5.92 Å². The largest absolute Gasteiger partial charge is 0.467 e. The SMILES string of the molecule is COC(=O)[C@@H]1C[C@H](OS(=O)(=O)c2ccc(Br)cc2)CN1C(=O)C(NC(=O)OC(C)(C)C)C(C)C. The third-order valence-electron chi connectivity index (χ3n) is 4.99. The first-order chi connectivity index (χ1) is 15.6. The van der Waals surface area contributed by atoms with E-state index in [9.17, 15) is 22.8 Å². The maximum atomic E-state index is 13.4. The molecule has 2 amide bonds. The molecule has 1 aliphatic rings. The van der Waals surface area contributed by atoms with Crippen molar-refractivity contribution < 1.29 is 36.5 Å². The van der Waals surface area contributed by atoms with E-state index in [1.165, 1.54) is 24.1 Å². The normalized spacial score (nSPS) is 19.6. The van der Waals surface area contributed by atoms with Gasteiger partial charge in [0.15, 0.2) is 0 Å². The molecule has 1 saturated heterocycles. The predicted octanol–water partition coefficient (Wildman–Crippen LogP) is 2.85. The number of methoxy groups -OCH3 is 1. The van der Waals surface area contributed by atoms with Gasteiger partial charge in [-0.05, 0) is 51.0 Å². The Hall–Kier alpha value is -2.18. The van der Waals surface area contributed by atoms with E-state index >= 15 is 0 Å². The van der Waals surface area contributed by atoms with Gasteiger partial charge in [0.25, 0.3) is 10.1 Å². The maximum Gasteiger partial charge on any atom is 0.408 e. The molecule has 0 spiro atoms. The zero-order valence-electron chi connectivity index (χ0n) is 20.0. The number of hydrogen-bond acceptors (Lipinski definition) is 8. The number of hydrogen-bond donors (Lipinski definition) is 1. The average molecular weight is 563 g/mol. The van der Waals surface area contributed by atoms with E-state index in [0.717, 1.165) is 0 Å². The van der Waals surface area contributed by atoms with Gasteiger partial charge in [-0.3, -0.25) is 8.98 Å². The van der Waals surface area contributed by atoms with Crippen LogP contribution >= 0.6 is 15.9 Å². The van der Waals surface area contributed by atoms with Crippen LogP contribution in [-0.4, -0.2) is 68.7 Å². The summed E-state index contributed by atoms with van der Waals surface area (Å²) in [5.74, 6) is -1.62. The number of rotatable bonds is 7. The third kappa shape index (κ3) is 7.41. The Balaban J connectivity index is 2.23. The molecule has 2 rings (SSSR count). The van der Waals surface area contributed by atoms with Gasteiger partial charge in [-0.2, -0.15) is 8.42 Å². The second kappa shape index (κ2) is 11.0. The zero-order chi connectivity index (χ0) is 25.8. The van der Waals surface area contributed by atoms with E-state index < -0.39 is 51.9 Å². The molecule has 190 valence electrons. The van der Waals surface area contributed by atoms with Gasteiger partial charge >= 0.3 is 12.1 Å². The molecule has 12 heteroatoms. The molecular weight excluding hydrogens is 532 g/mol. The van der Waals surface area contributed by atoms with Crippen molar-refractivity contribution in [3.63, 3.8) is 0 Å². The van der Waals surface area contributed by atoms with Crippen LogP contribution in [0.5, 0.6) is 0 Å². The van der Waals surface area contributed by atoms with Gasteiger partial charge in [-0.15, -0.1) is 0 Å². The summed E-state index contributed by atoms with van der Waals surface area (Å²) in [5, 5.41) is 2.55. The van der Waals surface area contributed by atoms with Crippen molar-refractivity contribution in [3.05, 3.63) is 28.7 Å². The lowest BCUT2D eigenvalue weighted by Crippen LogP contribution is -2.54. The molecule has 1 unspecified atom stereocenters. The number of likely N-dealkylation sites (tertiary alicyclic amines) is 1. The van der Waals surface area contributed by atoms with Gasteiger partial charge in [-0.1, -0.05) is 29.8 Å². The lowest BCUT2D eigenvalue weighted by atomic mass is 10.0. The molecule has 0 aromatic heterocycles. The van der Waals surface area contributed by atoms with Gasteiger partial charge in [0.1, 0.15) is 17.7 Å². The number of benzene rings is 1. The average Bonchev–Trinajstić information content (AvgIpc) is 3.12. The predicted molar refractivity (Wildman–Crippen MR) is 126 cm³/mol. The van der Waals surface area contributed by atoms with Crippen molar-refractivity contribution in [2.45, 2.75) is 69.7 Å². The summed E-state index contributed by atoms with van der Waals surface area (Å²) in [6.07, 6.45) is -1.83. The fraction of sp³-hybridized carbons (Fsp3) is 0.591. The van der Waals surface area contributed by atoms with E-state index in [-0.39, 0.29) is 23.8 Å². The summed E-state index contributed by atoms with van der Waals surface area (Å²) in [7, 11) is -2.96. The fourth-order valence-corrected chi connectivity index (χ4v) is 4.78. The first kappa shape index (κ1) is 28.1. The number of nitrogens with zero attached hydrogens (tertiary/aromatic N) is 1. The standard InChI is InChI=1S/C22H31BrN2O8S/c1-13(2)18(24-21(28)32-22(3,4)5)19(26)25-12-15(11-17(25)20(27)31-6)33-34(29,30)16-9-7-14(23)8-10-16/h7-10,13,15,17-18H,11-12H2,1-6H3,(H,24,28)/t15-,17-,18?/m0/s1. The van der Waals surface area contributed by atoms with Crippen molar-refractivity contribution >= 4 is 44.0 Å². The van der Waals surface area contributed by atoms with E-state index in [2.05, 4.69) is 21.2 Å². The Kier molecular flexibility index (Phi) is 9.11. The topological polar surface area (TPSA) is 128 Å². The van der Waals surface area contributed by atoms with E-state index in [4.69, 9.17) is 13.7 Å². The number of alkyl carbamates (subject to hydrolysis) is 1. The highest BCUT2D eigenvalue weighted by Gasteiger charge is 2.45. The molecule has 1 heterocycles. The molecule has 0 aliphatic carbocycles. The molecule has 1 N–H and O–H groups in total. The molecule has 0 bridgehead atoms. The van der Waals surface area contributed by atoms with E-state index in [1.807, 2.05) is 0 Å². The molecule has 0 saturated carbocycles. The number of carbonyl (C=O) groups excluding carboxylic acids is 3. The highest BCUT2D eigenvalue weighted by atomic mass is 79.9. The highest BCUT2D eigenvalue weighted by Crippen LogP contribution is 2.27. The van der Waals surface area contributed by atoms with Crippen LogP contribution < -0.4 is 5.32 Å². The van der Waals surface area contributed by atoms with Crippen LogP contribution in [0.1, 0.15) is 41.0 Å². The van der Waals surface area contributed by atoms with Crippen molar-refractivity contribution in [1.82, 2.24) is 10.2 Å². The number of halogens is 1. The molecule has 10 nitrogen and oxygen atoms in total. The minimum atomic E-state index is -4.14. The van der Waals surface area contributed by atoms with Crippen molar-refractivity contribution in [2.75, 3.05) is 13.7 Å². The van der Waals surface area contributed by atoms with E-state index in [0.29, 0.717) is 4.47 Å². The zero-order valence-corrected chi connectivity index (χ0v) is 22.4. The number of esters is 1. The Morgan fingerprint density at radius 2 is 1.74 bits per heavy atom. The Morgan fingerprint density at radius 3 is 2.24 bits per heavy atom. The van der Waals surface area contributed by atoms with Gasteiger partial charge in [0.05, 0.1) is 18.1 Å². The minimum absolute atomic E-state index is 0.0539. The van der Waals surface area contributed by atoms with Gasteiger partial charge < -0.3 is 19.7 Å². The van der Waals surface area contributed by atoms with Crippen LogP contribution in [0.2, 0.25) is 0 Å². The van der Waals surface area contributed by atoms with Crippen molar-refractivity contribution in [3.8, 4) is 0 Å². The van der Waals surface area contributed by atoms with Gasteiger partial charge in [-0.25, -0.2) is 9.59 Å². The van der Waals surface area contributed by atoms with Crippen LogP contribution in [0.4, 0.5) is 4.79 Å². The van der Waals surface area contributed by atoms with Crippen LogP contribution in [-0.2, 0) is 33.4 Å². The molecule has 1 aromatic carbocycles. The Labute approximate surface area is 208 Å². The summed E-state index contributed by atoms with van der Waals surface area (Å²) < 4.78 is 41.6. The smallest absolute Gasteiger partial charge is 0.408 e. The first-order valence-corrected chi connectivity index (χ1v) is 12.9. The molecule has 0 radical (unpaired) electrons. The number of amides is 2. The molecular formula is C22H31BrN2O8S. The molecule has 3 atom stereocenters. The lowest BCUT2D eigenvalue weighted by Gasteiger charge is -2.30. The van der Waals surface area contributed by atoms with Crippen molar-refractivity contribution in [1.29, 1.82) is 0 Å². The number of ether oxygens (including phenoxy) is 2. The fourth-order valence-electron chi connectivity index (χ4n) is 3.43. The molecule has 34 heavy (non-hydrogen) atoms. The summed E-state index contributed by atoms with van der Waals surface area (Å²) in [4.78, 5) is 39.2. The maximum absolute atomic E-state index is 13.4. The summed E-state index contributed by atoms with van der Waals surface area (Å²) >= 11 is 3.24. The summed E-state index contributed by atoms with van der Waals surface area (Å²) in [6, 6.07) is 3.82. The van der Waals surface area contributed by atoms with Crippen LogP contribution in [0, 0.1) is 5.92 Å². The van der Waals surface area contributed by atoms with Crippen LogP contribution in [0.25, 0.3) is 0 Å². The second-order valence-electron chi connectivity index (χ2n) is 9.26. The van der Waals surface area contributed by atoms with Gasteiger partial charge in [0, 0.05) is 17.4 Å². The monoisotopic (exact) mass is 562 g/mol. The van der Waals surface area contributed by atoms with Gasteiger partial charge in [0.2, 0.25) is 5.91 Å². The Bertz CT molecular complexity index is 1000. The second-order valence-corrected chi connectivity index (χ2v) is 11.7. The number of carbonyl (C=O) groups is 3. The number of nitrogens with one attached hydrogen (secondary N) is 1.